The van der Waals surface area contributed by atoms with E-state index in [9.17, 15) is 8.78 Å². The van der Waals surface area contributed by atoms with E-state index in [4.69, 9.17) is 4.74 Å². The Balaban J connectivity index is 1.66. The van der Waals surface area contributed by atoms with Gasteiger partial charge in [0.2, 0.25) is 0 Å². The number of benzene rings is 2. The summed E-state index contributed by atoms with van der Waals surface area (Å²) in [4.78, 5) is 2.39. The minimum Gasteiger partial charge on any atom is -0.435 e. The number of morpholine rings is 1. The first kappa shape index (κ1) is 19.5. The summed E-state index contributed by atoms with van der Waals surface area (Å²) < 4.78 is 34.6. The van der Waals surface area contributed by atoms with Crippen LogP contribution in [-0.4, -0.2) is 37.8 Å². The van der Waals surface area contributed by atoms with Gasteiger partial charge in [-0.15, -0.1) is 0 Å². The van der Waals surface area contributed by atoms with Crippen LogP contribution in [0, 0.1) is 6.92 Å². The van der Waals surface area contributed by atoms with Gasteiger partial charge >= 0.3 is 6.61 Å². The molecule has 5 heteroatoms. The van der Waals surface area contributed by atoms with Crippen molar-refractivity contribution in [3.8, 4) is 5.75 Å². The second kappa shape index (κ2) is 9.11. The number of nitrogens with zero attached hydrogens (tertiary/aromatic N) is 1. The lowest BCUT2D eigenvalue weighted by Crippen LogP contribution is -2.35. The van der Waals surface area contributed by atoms with Crippen molar-refractivity contribution in [1.82, 2.24) is 4.90 Å². The topological polar surface area (TPSA) is 21.7 Å². The van der Waals surface area contributed by atoms with E-state index in [-0.39, 0.29) is 5.75 Å². The number of alkyl halides is 2. The predicted molar refractivity (Wildman–Crippen MR) is 103 cm³/mol. The molecule has 3 rings (SSSR count). The van der Waals surface area contributed by atoms with Gasteiger partial charge in [-0.05, 0) is 53.3 Å². The highest BCUT2D eigenvalue weighted by Crippen LogP contribution is 2.25. The maximum Gasteiger partial charge on any atom is 0.387 e. The Hall–Kier alpha value is -2.24. The zero-order valence-corrected chi connectivity index (χ0v) is 15.6. The van der Waals surface area contributed by atoms with Crippen LogP contribution in [0.2, 0.25) is 0 Å². The van der Waals surface area contributed by atoms with Gasteiger partial charge in [0.15, 0.2) is 0 Å². The van der Waals surface area contributed by atoms with Crippen molar-refractivity contribution < 1.29 is 18.3 Å². The lowest BCUT2D eigenvalue weighted by atomic mass is 9.94. The van der Waals surface area contributed by atoms with Crippen LogP contribution in [0.5, 0.6) is 5.75 Å². The number of hydrogen-bond donors (Lipinski definition) is 0. The monoisotopic (exact) mass is 373 g/mol. The number of aryl methyl sites for hydroxylation is 1. The van der Waals surface area contributed by atoms with E-state index >= 15 is 0 Å². The van der Waals surface area contributed by atoms with E-state index in [0.29, 0.717) is 6.42 Å². The van der Waals surface area contributed by atoms with Gasteiger partial charge in [0, 0.05) is 19.6 Å². The maximum atomic E-state index is 12.4. The molecule has 1 aliphatic heterocycles. The highest BCUT2D eigenvalue weighted by molar-refractivity contribution is 5.68. The molecule has 0 aromatic heterocycles. The van der Waals surface area contributed by atoms with Crippen LogP contribution in [0.15, 0.2) is 49.0 Å². The van der Waals surface area contributed by atoms with Crippen LogP contribution in [0.25, 0.3) is 5.57 Å². The van der Waals surface area contributed by atoms with Crippen molar-refractivity contribution in [3.05, 3.63) is 71.3 Å². The van der Waals surface area contributed by atoms with Gasteiger partial charge in [0.1, 0.15) is 5.75 Å². The fraction of sp³-hybridized carbons (Fsp3) is 0.364. The van der Waals surface area contributed by atoms with Gasteiger partial charge in [-0.2, -0.15) is 8.78 Å². The molecule has 1 aliphatic rings. The van der Waals surface area contributed by atoms with Gasteiger partial charge in [0.05, 0.1) is 13.2 Å². The van der Waals surface area contributed by atoms with Crippen LogP contribution in [0.3, 0.4) is 0 Å². The van der Waals surface area contributed by atoms with Gasteiger partial charge < -0.3 is 9.47 Å². The van der Waals surface area contributed by atoms with Crippen molar-refractivity contribution in [3.63, 3.8) is 0 Å². The summed E-state index contributed by atoms with van der Waals surface area (Å²) in [5.41, 5.74) is 5.40. The average Bonchev–Trinajstić information content (AvgIpc) is 2.62. The van der Waals surface area contributed by atoms with E-state index in [2.05, 4.69) is 41.3 Å². The molecule has 2 aromatic carbocycles. The predicted octanol–water partition coefficient (Wildman–Crippen LogP) is 4.68. The Morgan fingerprint density at radius 1 is 1.15 bits per heavy atom. The fourth-order valence-corrected chi connectivity index (χ4v) is 3.41. The third-order valence-electron chi connectivity index (χ3n) is 4.72. The van der Waals surface area contributed by atoms with Gasteiger partial charge in [0.25, 0.3) is 0 Å². The van der Waals surface area contributed by atoms with E-state index in [1.165, 1.54) is 17.2 Å². The molecule has 0 unspecified atom stereocenters. The summed E-state index contributed by atoms with van der Waals surface area (Å²) in [6.07, 6.45) is 0.587. The SMILES string of the molecule is C=C(Cc1cccc(OC(F)F)c1)c1ccc(CN2CCOCC2)cc1C. The molecule has 1 saturated heterocycles. The molecule has 3 nitrogen and oxygen atoms in total. The molecule has 1 heterocycles. The first-order chi connectivity index (χ1) is 13.0. The maximum absolute atomic E-state index is 12.4. The van der Waals surface area contributed by atoms with Gasteiger partial charge in [-0.3, -0.25) is 4.90 Å². The molecule has 0 saturated carbocycles. The van der Waals surface area contributed by atoms with E-state index < -0.39 is 6.61 Å². The summed E-state index contributed by atoms with van der Waals surface area (Å²) in [5.74, 6) is 0.174. The molecule has 0 amide bonds. The van der Waals surface area contributed by atoms with E-state index in [1.807, 2.05) is 6.07 Å². The molecular formula is C22H25F2NO2. The second-order valence-electron chi connectivity index (χ2n) is 6.84. The molecule has 0 aliphatic carbocycles. The van der Waals surface area contributed by atoms with Crippen molar-refractivity contribution >= 4 is 5.57 Å². The van der Waals surface area contributed by atoms with Crippen LogP contribution in [0.4, 0.5) is 8.78 Å². The van der Waals surface area contributed by atoms with E-state index in [1.54, 1.807) is 12.1 Å². The summed E-state index contributed by atoms with van der Waals surface area (Å²) in [6, 6.07) is 13.2. The minimum atomic E-state index is -2.82. The number of allylic oxidation sites excluding steroid dienone is 1. The molecule has 0 radical (unpaired) electrons. The van der Waals surface area contributed by atoms with Crippen molar-refractivity contribution in [2.75, 3.05) is 26.3 Å². The number of hydrogen-bond acceptors (Lipinski definition) is 3. The number of rotatable bonds is 7. The molecule has 2 aromatic rings. The minimum absolute atomic E-state index is 0.174. The number of halogens is 2. The third kappa shape index (κ3) is 5.62. The van der Waals surface area contributed by atoms with Gasteiger partial charge in [-0.25, -0.2) is 0 Å². The molecule has 0 bridgehead atoms. The molecular weight excluding hydrogens is 348 g/mol. The van der Waals surface area contributed by atoms with Crippen molar-refractivity contribution in [2.45, 2.75) is 26.5 Å². The quantitative estimate of drug-likeness (QED) is 0.703. The smallest absolute Gasteiger partial charge is 0.387 e. The molecule has 27 heavy (non-hydrogen) atoms. The van der Waals surface area contributed by atoms with Crippen LogP contribution < -0.4 is 4.74 Å². The van der Waals surface area contributed by atoms with E-state index in [0.717, 1.165) is 49.5 Å². The molecule has 144 valence electrons. The Bertz CT molecular complexity index is 786. The largest absolute Gasteiger partial charge is 0.435 e. The summed E-state index contributed by atoms with van der Waals surface area (Å²) in [5, 5.41) is 0. The van der Waals surface area contributed by atoms with Crippen LogP contribution >= 0.6 is 0 Å². The Kier molecular flexibility index (Phi) is 6.58. The lowest BCUT2D eigenvalue weighted by molar-refractivity contribution is -0.0498. The second-order valence-corrected chi connectivity index (χ2v) is 6.84. The summed E-state index contributed by atoms with van der Waals surface area (Å²) in [7, 11) is 0. The standard InChI is InChI=1S/C22H25F2NO2/c1-16(12-18-4-3-5-20(14-18)27-22(23)24)21-7-6-19(13-17(21)2)15-25-8-10-26-11-9-25/h3-7,13-14,22H,1,8-12,15H2,2H3. The number of ether oxygens (including phenoxy) is 2. The zero-order valence-electron chi connectivity index (χ0n) is 15.6. The van der Waals surface area contributed by atoms with Crippen LogP contribution in [0.1, 0.15) is 22.3 Å². The molecule has 0 spiro atoms. The Labute approximate surface area is 159 Å². The third-order valence-corrected chi connectivity index (χ3v) is 4.72. The Morgan fingerprint density at radius 2 is 1.93 bits per heavy atom. The summed E-state index contributed by atoms with van der Waals surface area (Å²) in [6.45, 7) is 7.90. The van der Waals surface area contributed by atoms with Gasteiger partial charge in [-0.1, -0.05) is 36.9 Å². The lowest BCUT2D eigenvalue weighted by Gasteiger charge is -2.26. The average molecular weight is 373 g/mol. The summed E-state index contributed by atoms with van der Waals surface area (Å²) >= 11 is 0. The normalized spacial score (nSPS) is 15.1. The first-order valence-corrected chi connectivity index (χ1v) is 9.13. The Morgan fingerprint density at radius 3 is 2.63 bits per heavy atom. The van der Waals surface area contributed by atoms with Crippen LogP contribution in [-0.2, 0) is 17.7 Å². The zero-order chi connectivity index (χ0) is 19.2. The highest BCUT2D eigenvalue weighted by atomic mass is 19.3. The van der Waals surface area contributed by atoms with Crippen molar-refractivity contribution in [1.29, 1.82) is 0 Å². The molecule has 0 atom stereocenters. The van der Waals surface area contributed by atoms with Crippen molar-refractivity contribution in [2.24, 2.45) is 0 Å². The molecule has 0 N–H and O–H groups in total. The fourth-order valence-electron chi connectivity index (χ4n) is 3.41. The highest BCUT2D eigenvalue weighted by Gasteiger charge is 2.12. The first-order valence-electron chi connectivity index (χ1n) is 9.13. The molecule has 1 fully saturated rings.